The van der Waals surface area contributed by atoms with Crippen molar-refractivity contribution in [3.8, 4) is 11.5 Å². The topological polar surface area (TPSA) is 61.4 Å². The van der Waals surface area contributed by atoms with E-state index in [1.54, 1.807) is 0 Å². The monoisotopic (exact) mass is 390 g/mol. The van der Waals surface area contributed by atoms with E-state index in [2.05, 4.69) is 23.4 Å². The first-order valence-electron chi connectivity index (χ1n) is 10.2. The first-order chi connectivity index (χ1) is 13.8. The summed E-state index contributed by atoms with van der Waals surface area (Å²) in [6.07, 6.45) is 3.94. The van der Waals surface area contributed by atoms with Gasteiger partial charge < -0.3 is 18.9 Å². The Kier molecular flexibility index (Phi) is 6.36. The number of rotatable bonds is 8. The van der Waals surface area contributed by atoms with Crippen molar-refractivity contribution in [3.63, 3.8) is 0 Å². The van der Waals surface area contributed by atoms with Crippen LogP contribution in [0.3, 0.4) is 0 Å². The molecule has 1 spiro atoms. The fraction of sp³-hybridized carbons (Fsp3) is 0.619. The van der Waals surface area contributed by atoms with Crippen LogP contribution in [0.25, 0.3) is 5.70 Å². The zero-order valence-corrected chi connectivity index (χ0v) is 16.6. The van der Waals surface area contributed by atoms with Gasteiger partial charge in [0.05, 0.1) is 32.1 Å². The molecule has 7 heteroatoms. The Morgan fingerprint density at radius 2 is 1.93 bits per heavy atom. The molecule has 0 radical (unpaired) electrons. The van der Waals surface area contributed by atoms with E-state index in [1.807, 2.05) is 18.2 Å². The van der Waals surface area contributed by atoms with Crippen LogP contribution < -0.4 is 15.0 Å². The van der Waals surface area contributed by atoms with Crippen LogP contribution >= 0.6 is 0 Å². The van der Waals surface area contributed by atoms with Crippen molar-refractivity contribution >= 4 is 5.70 Å². The fourth-order valence-electron chi connectivity index (χ4n) is 3.61. The number of nitrogens with one attached hydrogen (secondary N) is 1. The van der Waals surface area contributed by atoms with Crippen LogP contribution in [0.2, 0.25) is 0 Å². The normalized spacial score (nSPS) is 25.0. The Balaban J connectivity index is 1.43. The van der Waals surface area contributed by atoms with Gasteiger partial charge in [0.2, 0.25) is 0 Å². The largest absolute Gasteiger partial charge is 0.490 e. The first kappa shape index (κ1) is 19.5. The minimum absolute atomic E-state index is 0.340. The SMILES string of the molecule is CCCOc1cc(C2=CC3(CCOC3)ON2)ccc1OCCN1CCOCC1. The molecule has 0 aromatic heterocycles. The second kappa shape index (κ2) is 9.13. The Morgan fingerprint density at radius 3 is 2.71 bits per heavy atom. The van der Waals surface area contributed by atoms with E-state index in [-0.39, 0.29) is 5.60 Å². The van der Waals surface area contributed by atoms with E-state index < -0.39 is 0 Å². The van der Waals surface area contributed by atoms with Gasteiger partial charge in [-0.2, -0.15) is 0 Å². The van der Waals surface area contributed by atoms with E-state index in [9.17, 15) is 0 Å². The minimum atomic E-state index is -0.340. The quantitative estimate of drug-likeness (QED) is 0.730. The van der Waals surface area contributed by atoms with Gasteiger partial charge in [0.15, 0.2) is 11.5 Å². The molecule has 7 nitrogen and oxygen atoms in total. The van der Waals surface area contributed by atoms with Gasteiger partial charge in [-0.3, -0.25) is 15.2 Å². The molecule has 2 fully saturated rings. The first-order valence-corrected chi connectivity index (χ1v) is 10.2. The maximum Gasteiger partial charge on any atom is 0.161 e. The van der Waals surface area contributed by atoms with Gasteiger partial charge in [-0.05, 0) is 30.7 Å². The summed E-state index contributed by atoms with van der Waals surface area (Å²) in [4.78, 5) is 8.16. The average molecular weight is 390 g/mol. The summed E-state index contributed by atoms with van der Waals surface area (Å²) >= 11 is 0. The van der Waals surface area contributed by atoms with E-state index in [0.29, 0.717) is 19.8 Å². The molecule has 1 aromatic carbocycles. The Hall–Kier alpha value is -1.80. The second-order valence-corrected chi connectivity index (χ2v) is 7.44. The van der Waals surface area contributed by atoms with Crippen molar-refractivity contribution in [1.29, 1.82) is 0 Å². The molecule has 3 heterocycles. The van der Waals surface area contributed by atoms with Crippen molar-refractivity contribution in [2.45, 2.75) is 25.4 Å². The maximum atomic E-state index is 6.05. The molecule has 3 aliphatic heterocycles. The lowest BCUT2D eigenvalue weighted by Gasteiger charge is -2.26. The number of nitrogens with zero attached hydrogens (tertiary/aromatic N) is 1. The highest BCUT2D eigenvalue weighted by Gasteiger charge is 2.39. The van der Waals surface area contributed by atoms with Gasteiger partial charge in [-0.15, -0.1) is 0 Å². The molecule has 28 heavy (non-hydrogen) atoms. The highest BCUT2D eigenvalue weighted by Crippen LogP contribution is 2.36. The number of hydrogen-bond acceptors (Lipinski definition) is 7. The van der Waals surface area contributed by atoms with Gasteiger partial charge in [0.1, 0.15) is 12.2 Å². The smallest absolute Gasteiger partial charge is 0.161 e. The number of hydrogen-bond donors (Lipinski definition) is 1. The summed E-state index contributed by atoms with van der Waals surface area (Å²) in [5.74, 6) is 1.55. The van der Waals surface area contributed by atoms with Crippen LogP contribution in [0.1, 0.15) is 25.3 Å². The summed E-state index contributed by atoms with van der Waals surface area (Å²) in [6.45, 7) is 9.13. The van der Waals surface area contributed by atoms with Crippen LogP contribution in [-0.4, -0.2) is 69.8 Å². The number of benzene rings is 1. The average Bonchev–Trinajstić information content (AvgIpc) is 3.38. The Morgan fingerprint density at radius 1 is 1.07 bits per heavy atom. The van der Waals surface area contributed by atoms with Crippen LogP contribution in [0.5, 0.6) is 11.5 Å². The van der Waals surface area contributed by atoms with E-state index in [0.717, 1.165) is 75.1 Å². The molecule has 1 N–H and O–H groups in total. The molecule has 0 amide bonds. The third kappa shape index (κ3) is 4.60. The third-order valence-corrected chi connectivity index (χ3v) is 5.27. The molecule has 0 bridgehead atoms. The van der Waals surface area contributed by atoms with Gasteiger partial charge >= 0.3 is 0 Å². The molecular weight excluding hydrogens is 360 g/mol. The molecule has 154 valence electrons. The standard InChI is InChI=1S/C21H30N2O5/c1-2-9-26-20-14-17(18-15-21(28-22-18)5-10-25-16-21)3-4-19(20)27-13-8-23-6-11-24-12-7-23/h3-4,14-15,22H,2,5-13,16H2,1H3. The second-order valence-electron chi connectivity index (χ2n) is 7.44. The van der Waals surface area contributed by atoms with Crippen molar-refractivity contribution < 1.29 is 23.8 Å². The minimum Gasteiger partial charge on any atom is -0.490 e. The highest BCUT2D eigenvalue weighted by molar-refractivity contribution is 5.68. The van der Waals surface area contributed by atoms with Crippen molar-refractivity contribution in [2.75, 3.05) is 59.3 Å². The molecule has 1 atom stereocenters. The van der Waals surface area contributed by atoms with Crippen molar-refractivity contribution in [2.24, 2.45) is 0 Å². The van der Waals surface area contributed by atoms with Crippen LogP contribution in [0, 0.1) is 0 Å². The molecule has 1 aromatic rings. The highest BCUT2D eigenvalue weighted by atomic mass is 16.7. The van der Waals surface area contributed by atoms with Gasteiger partial charge in [-0.25, -0.2) is 0 Å². The fourth-order valence-corrected chi connectivity index (χ4v) is 3.61. The molecule has 1 unspecified atom stereocenters. The predicted octanol–water partition coefficient (Wildman–Crippen LogP) is 2.22. The summed E-state index contributed by atoms with van der Waals surface area (Å²) < 4.78 is 22.9. The summed E-state index contributed by atoms with van der Waals surface area (Å²) in [5.41, 5.74) is 4.69. The lowest BCUT2D eigenvalue weighted by Crippen LogP contribution is -2.38. The molecule has 2 saturated heterocycles. The van der Waals surface area contributed by atoms with E-state index >= 15 is 0 Å². The Labute approximate surface area is 166 Å². The van der Waals surface area contributed by atoms with Gasteiger partial charge in [-0.1, -0.05) is 6.92 Å². The molecule has 0 saturated carbocycles. The predicted molar refractivity (Wildman–Crippen MR) is 105 cm³/mol. The van der Waals surface area contributed by atoms with Crippen molar-refractivity contribution in [3.05, 3.63) is 29.8 Å². The van der Waals surface area contributed by atoms with E-state index in [1.165, 1.54) is 0 Å². The van der Waals surface area contributed by atoms with Crippen LogP contribution in [0.15, 0.2) is 24.3 Å². The summed E-state index contributed by atoms with van der Waals surface area (Å²) in [7, 11) is 0. The number of ether oxygens (including phenoxy) is 4. The van der Waals surface area contributed by atoms with E-state index in [4.69, 9.17) is 23.8 Å². The lowest BCUT2D eigenvalue weighted by atomic mass is 10.0. The summed E-state index contributed by atoms with van der Waals surface area (Å²) in [6, 6.07) is 6.05. The van der Waals surface area contributed by atoms with Crippen molar-refractivity contribution in [1.82, 2.24) is 10.4 Å². The summed E-state index contributed by atoms with van der Waals surface area (Å²) in [5, 5.41) is 0. The third-order valence-electron chi connectivity index (χ3n) is 5.27. The van der Waals surface area contributed by atoms with Crippen LogP contribution in [0.4, 0.5) is 0 Å². The zero-order chi connectivity index (χ0) is 19.2. The molecule has 4 rings (SSSR count). The molecular formula is C21H30N2O5. The Bertz CT molecular complexity index is 681. The lowest BCUT2D eigenvalue weighted by molar-refractivity contribution is -0.0373. The number of morpholine rings is 1. The van der Waals surface area contributed by atoms with Gasteiger partial charge in [0, 0.05) is 38.2 Å². The number of hydroxylamine groups is 1. The maximum absolute atomic E-state index is 6.05. The van der Waals surface area contributed by atoms with Crippen LogP contribution in [-0.2, 0) is 14.3 Å². The van der Waals surface area contributed by atoms with Gasteiger partial charge in [0.25, 0.3) is 0 Å². The zero-order valence-electron chi connectivity index (χ0n) is 16.6. The molecule has 3 aliphatic rings. The molecule has 0 aliphatic carbocycles.